The van der Waals surface area contributed by atoms with Gasteiger partial charge in [-0.2, -0.15) is 0 Å². The molecule has 0 saturated heterocycles. The zero-order valence-electron chi connectivity index (χ0n) is 18.6. The number of nitrogens with zero attached hydrogens (tertiary/aromatic N) is 1. The van der Waals surface area contributed by atoms with Gasteiger partial charge in [0, 0.05) is 7.05 Å². The van der Waals surface area contributed by atoms with Crippen LogP contribution in [0.4, 0.5) is 0 Å². The van der Waals surface area contributed by atoms with Crippen molar-refractivity contribution in [2.75, 3.05) is 7.05 Å². The van der Waals surface area contributed by atoms with E-state index in [1.165, 1.54) is 28.7 Å². The van der Waals surface area contributed by atoms with Gasteiger partial charge in [0.25, 0.3) is 0 Å². The molecule has 28 heavy (non-hydrogen) atoms. The highest BCUT2D eigenvalue weighted by Crippen LogP contribution is 2.41. The van der Waals surface area contributed by atoms with Crippen molar-refractivity contribution in [1.29, 1.82) is 0 Å². The second kappa shape index (κ2) is 8.12. The Labute approximate surface area is 172 Å². The van der Waals surface area contributed by atoms with Crippen LogP contribution < -0.4 is 0 Å². The first-order valence-electron chi connectivity index (χ1n) is 10.5. The van der Waals surface area contributed by atoms with Gasteiger partial charge >= 0.3 is 0 Å². The Balaban J connectivity index is 2.17. The van der Waals surface area contributed by atoms with Crippen LogP contribution in [0.2, 0.25) is 19.6 Å². The van der Waals surface area contributed by atoms with Crippen molar-refractivity contribution in [3.8, 4) is 11.1 Å². The summed E-state index contributed by atoms with van der Waals surface area (Å²) in [5.41, 5.74) is 7.02. The van der Waals surface area contributed by atoms with Gasteiger partial charge < -0.3 is 4.90 Å². The van der Waals surface area contributed by atoms with E-state index in [2.05, 4.69) is 113 Å². The van der Waals surface area contributed by atoms with E-state index in [1.807, 2.05) is 0 Å². The first kappa shape index (κ1) is 20.7. The zero-order valence-corrected chi connectivity index (χ0v) is 19.6. The normalized spacial score (nSPS) is 18.5. The fraction of sp³-hybridized carbons (Fsp3) is 0.385. The molecule has 0 aliphatic carbocycles. The molecule has 0 spiro atoms. The molecule has 0 bridgehead atoms. The molecule has 0 aromatic heterocycles. The van der Waals surface area contributed by atoms with Gasteiger partial charge in [0.2, 0.25) is 0 Å². The molecule has 2 heteroatoms. The average Bonchev–Trinajstić information content (AvgIpc) is 2.67. The number of rotatable bonds is 5. The van der Waals surface area contributed by atoms with Crippen LogP contribution in [0.3, 0.4) is 0 Å². The molecule has 0 N–H and O–H groups in total. The van der Waals surface area contributed by atoms with Gasteiger partial charge in [-0.15, -0.1) is 0 Å². The van der Waals surface area contributed by atoms with Crippen molar-refractivity contribution in [1.82, 2.24) is 4.90 Å². The van der Waals surface area contributed by atoms with Crippen LogP contribution in [0, 0.1) is 12.8 Å². The smallest absolute Gasteiger partial charge is 0.0798 e. The first-order chi connectivity index (χ1) is 13.2. The van der Waals surface area contributed by atoms with E-state index in [-0.39, 0.29) is 6.04 Å². The number of hydrogen-bond donors (Lipinski definition) is 0. The van der Waals surface area contributed by atoms with E-state index in [9.17, 15) is 0 Å². The molecule has 148 valence electrons. The molecule has 0 radical (unpaired) electrons. The van der Waals surface area contributed by atoms with Crippen LogP contribution in [0.5, 0.6) is 0 Å². The Kier molecular flexibility index (Phi) is 6.00. The fourth-order valence-corrected chi connectivity index (χ4v) is 6.03. The van der Waals surface area contributed by atoms with Crippen LogP contribution in [-0.4, -0.2) is 20.0 Å². The Bertz CT molecular complexity index is 886. The highest BCUT2D eigenvalue weighted by molar-refractivity contribution is 6.84. The molecule has 3 rings (SSSR count). The Morgan fingerprint density at radius 3 is 2.29 bits per heavy atom. The lowest BCUT2D eigenvalue weighted by atomic mass is 9.86. The predicted octanol–water partition coefficient (Wildman–Crippen LogP) is 7.38. The largest absolute Gasteiger partial charge is 0.370 e. The maximum Gasteiger partial charge on any atom is 0.0798 e. The van der Waals surface area contributed by atoms with Gasteiger partial charge in [-0.1, -0.05) is 88.1 Å². The molecule has 1 aliphatic heterocycles. The summed E-state index contributed by atoms with van der Waals surface area (Å²) in [5, 5.41) is 1.61. The molecule has 0 saturated carbocycles. The fourth-order valence-electron chi connectivity index (χ4n) is 4.24. The molecule has 2 unspecified atom stereocenters. The van der Waals surface area contributed by atoms with Crippen molar-refractivity contribution in [2.24, 2.45) is 5.92 Å². The monoisotopic (exact) mass is 389 g/mol. The summed E-state index contributed by atoms with van der Waals surface area (Å²) < 4.78 is 0. The van der Waals surface area contributed by atoms with Crippen LogP contribution in [0.25, 0.3) is 11.1 Å². The molecule has 0 amide bonds. The summed E-state index contributed by atoms with van der Waals surface area (Å²) >= 11 is 0. The molecular formula is C26H35NSi. The number of likely N-dealkylation sites (N-methyl/N-ethyl adjacent to an activating group) is 1. The van der Waals surface area contributed by atoms with Gasteiger partial charge in [-0.25, -0.2) is 0 Å². The van der Waals surface area contributed by atoms with E-state index in [4.69, 9.17) is 0 Å². The zero-order chi connectivity index (χ0) is 20.5. The third-order valence-electron chi connectivity index (χ3n) is 6.08. The van der Waals surface area contributed by atoms with Gasteiger partial charge in [0.1, 0.15) is 0 Å². The van der Waals surface area contributed by atoms with Crippen LogP contribution in [-0.2, 0) is 0 Å². The quantitative estimate of drug-likeness (QED) is 0.482. The van der Waals surface area contributed by atoms with Crippen LogP contribution in [0.1, 0.15) is 37.4 Å². The molecule has 2 atom stereocenters. The van der Waals surface area contributed by atoms with Crippen molar-refractivity contribution in [2.45, 2.75) is 52.9 Å². The summed E-state index contributed by atoms with van der Waals surface area (Å²) in [6.07, 6.45) is 6.21. The first-order valence-corrected chi connectivity index (χ1v) is 14.0. The lowest BCUT2D eigenvalue weighted by Crippen LogP contribution is -2.34. The Hall–Kier alpha value is -2.06. The third kappa shape index (κ3) is 4.02. The van der Waals surface area contributed by atoms with E-state index >= 15 is 0 Å². The van der Waals surface area contributed by atoms with Gasteiger partial charge in [-0.05, 0) is 58.5 Å². The summed E-state index contributed by atoms with van der Waals surface area (Å²) in [7, 11) is 0.835. The summed E-state index contributed by atoms with van der Waals surface area (Å²) in [4.78, 5) is 2.44. The second-order valence-corrected chi connectivity index (χ2v) is 14.3. The minimum atomic E-state index is -1.41. The van der Waals surface area contributed by atoms with Gasteiger partial charge in [0.15, 0.2) is 0 Å². The van der Waals surface area contributed by atoms with Crippen LogP contribution in [0.15, 0.2) is 71.6 Å². The third-order valence-corrected chi connectivity index (χ3v) is 8.11. The summed E-state index contributed by atoms with van der Waals surface area (Å²) in [5.74, 6) is 0.596. The topological polar surface area (TPSA) is 3.24 Å². The maximum absolute atomic E-state index is 2.57. The van der Waals surface area contributed by atoms with Gasteiger partial charge in [-0.3, -0.25) is 0 Å². The summed E-state index contributed by atoms with van der Waals surface area (Å²) in [6.45, 7) is 14.3. The van der Waals surface area contributed by atoms with E-state index in [0.29, 0.717) is 5.92 Å². The Morgan fingerprint density at radius 2 is 1.68 bits per heavy atom. The van der Waals surface area contributed by atoms with Crippen molar-refractivity contribution in [3.63, 3.8) is 0 Å². The molecule has 1 nitrogen and oxygen atoms in total. The number of aryl methyl sites for hydroxylation is 1. The number of allylic oxidation sites excluding steroid dienone is 2. The molecular weight excluding hydrogens is 354 g/mol. The number of hydrogen-bond acceptors (Lipinski definition) is 1. The van der Waals surface area contributed by atoms with Crippen LogP contribution >= 0.6 is 0 Å². The molecule has 1 aliphatic rings. The van der Waals surface area contributed by atoms with Gasteiger partial charge in [0.05, 0.1) is 14.1 Å². The van der Waals surface area contributed by atoms with E-state index in [0.717, 1.165) is 0 Å². The number of benzene rings is 2. The SMILES string of the molecule is CCC(C)C1=CC(c2c(C)cccc2-c2ccccc2)N(C)C=C1[Si](C)(C)C. The van der Waals surface area contributed by atoms with Crippen molar-refractivity contribution in [3.05, 3.63) is 82.7 Å². The van der Waals surface area contributed by atoms with Crippen molar-refractivity contribution >= 4 is 8.07 Å². The highest BCUT2D eigenvalue weighted by Gasteiger charge is 2.32. The van der Waals surface area contributed by atoms with E-state index < -0.39 is 8.07 Å². The molecule has 0 fully saturated rings. The standard InChI is InChI=1S/C26H35NSi/c1-8-19(2)23-17-24(27(4)18-25(23)28(5,6)7)26-20(3)13-12-16-22(26)21-14-10-9-11-15-21/h9-19,24H,8H2,1-7H3. The average molecular weight is 390 g/mol. The summed E-state index contributed by atoms with van der Waals surface area (Å²) in [6, 6.07) is 17.8. The lowest BCUT2D eigenvalue weighted by Gasteiger charge is -2.38. The highest BCUT2D eigenvalue weighted by atomic mass is 28.3. The maximum atomic E-state index is 2.57. The lowest BCUT2D eigenvalue weighted by molar-refractivity contribution is 0.380. The second-order valence-electron chi connectivity index (χ2n) is 9.24. The minimum absolute atomic E-state index is 0.278. The van der Waals surface area contributed by atoms with Crippen molar-refractivity contribution < 1.29 is 0 Å². The Morgan fingerprint density at radius 1 is 1.00 bits per heavy atom. The molecule has 2 aromatic rings. The van der Waals surface area contributed by atoms with E-state index in [1.54, 1.807) is 10.8 Å². The molecule has 1 heterocycles. The molecule has 2 aromatic carbocycles. The predicted molar refractivity (Wildman–Crippen MR) is 126 cm³/mol. The minimum Gasteiger partial charge on any atom is -0.370 e.